The summed E-state index contributed by atoms with van der Waals surface area (Å²) in [6.07, 6.45) is 9.40. The summed E-state index contributed by atoms with van der Waals surface area (Å²) in [4.78, 5) is 24.2. The van der Waals surface area contributed by atoms with E-state index in [4.69, 9.17) is 13.9 Å². The lowest BCUT2D eigenvalue weighted by Crippen LogP contribution is -2.09. The van der Waals surface area contributed by atoms with Gasteiger partial charge in [0.25, 0.3) is 0 Å². The number of hydrogen-bond acceptors (Lipinski definition) is 5. The fourth-order valence-corrected chi connectivity index (χ4v) is 3.51. The Morgan fingerprint density at radius 1 is 1.15 bits per heavy atom. The summed E-state index contributed by atoms with van der Waals surface area (Å²) in [5, 5.41) is 2.45. The van der Waals surface area contributed by atoms with Crippen LogP contribution >= 0.6 is 0 Å². The first-order valence-electron chi connectivity index (χ1n) is 8.69. The van der Waals surface area contributed by atoms with Crippen LogP contribution in [0.1, 0.15) is 35.7 Å². The summed E-state index contributed by atoms with van der Waals surface area (Å²) >= 11 is 0. The van der Waals surface area contributed by atoms with Crippen LogP contribution in [0.25, 0.3) is 27.3 Å². The Labute approximate surface area is 155 Å². The molecule has 0 amide bonds. The number of esters is 2. The number of benzene rings is 2. The molecule has 27 heavy (non-hydrogen) atoms. The lowest BCUT2D eigenvalue weighted by atomic mass is 9.88. The van der Waals surface area contributed by atoms with Crippen LogP contribution in [-0.4, -0.2) is 19.0 Å². The maximum Gasteiger partial charge on any atom is 0.338 e. The molecule has 136 valence electrons. The molecule has 5 heteroatoms. The molecule has 0 atom stereocenters. The van der Waals surface area contributed by atoms with Gasteiger partial charge in [-0.2, -0.15) is 0 Å². The van der Waals surface area contributed by atoms with Crippen molar-refractivity contribution in [2.24, 2.45) is 0 Å². The Balaban J connectivity index is 2.13. The van der Waals surface area contributed by atoms with Gasteiger partial charge < -0.3 is 13.9 Å². The van der Waals surface area contributed by atoms with Crippen LogP contribution in [0.15, 0.2) is 53.2 Å². The van der Waals surface area contributed by atoms with E-state index in [9.17, 15) is 9.59 Å². The Bertz CT molecular complexity index is 1130. The van der Waals surface area contributed by atoms with Crippen molar-refractivity contribution in [2.75, 3.05) is 7.11 Å². The average molecular weight is 362 g/mol. The van der Waals surface area contributed by atoms with Crippen LogP contribution in [0.5, 0.6) is 5.75 Å². The Morgan fingerprint density at radius 3 is 2.70 bits per heavy atom. The molecule has 1 heterocycles. The van der Waals surface area contributed by atoms with Gasteiger partial charge in [-0.25, -0.2) is 4.79 Å². The topological polar surface area (TPSA) is 65.7 Å². The van der Waals surface area contributed by atoms with Crippen LogP contribution in [0.3, 0.4) is 0 Å². The van der Waals surface area contributed by atoms with Crippen molar-refractivity contribution in [3.8, 4) is 5.75 Å². The number of ether oxygens (including phenoxy) is 2. The minimum absolute atomic E-state index is 0.312. The van der Waals surface area contributed by atoms with Gasteiger partial charge in [-0.15, -0.1) is 0 Å². The lowest BCUT2D eigenvalue weighted by Gasteiger charge is -2.18. The molecule has 0 bridgehead atoms. The van der Waals surface area contributed by atoms with Gasteiger partial charge in [0, 0.05) is 23.3 Å². The van der Waals surface area contributed by atoms with E-state index in [1.54, 1.807) is 12.3 Å². The molecule has 0 fully saturated rings. The molecule has 0 spiro atoms. The van der Waals surface area contributed by atoms with Gasteiger partial charge >= 0.3 is 11.9 Å². The van der Waals surface area contributed by atoms with Gasteiger partial charge in [0.15, 0.2) is 0 Å². The number of carbonyl (C=O) groups is 2. The van der Waals surface area contributed by atoms with Crippen molar-refractivity contribution in [3.05, 3.63) is 59.9 Å². The number of rotatable bonds is 3. The molecule has 0 N–H and O–H groups in total. The molecule has 1 aliphatic carbocycles. The van der Waals surface area contributed by atoms with Gasteiger partial charge in [0.05, 0.1) is 18.9 Å². The standard InChI is InChI=1S/C22H18O5/c1-13(23)27-20-12-18(22(24)25-2)21(14-6-4-3-5-7-14)17-10-15-8-9-26-19(15)11-16(17)20/h3-4,6,8-12H,5,7H2,1-2H3. The zero-order valence-corrected chi connectivity index (χ0v) is 15.1. The first-order chi connectivity index (χ1) is 13.1. The molecule has 1 aromatic heterocycles. The number of fused-ring (bicyclic) bond motifs is 2. The molecule has 0 aliphatic heterocycles. The largest absolute Gasteiger partial charge is 0.465 e. The highest BCUT2D eigenvalue weighted by molar-refractivity contribution is 6.11. The molecule has 0 radical (unpaired) electrons. The first kappa shape index (κ1) is 17.1. The molecule has 1 aliphatic rings. The van der Waals surface area contributed by atoms with Crippen LogP contribution < -0.4 is 4.74 Å². The van der Waals surface area contributed by atoms with Gasteiger partial charge in [0.2, 0.25) is 0 Å². The van der Waals surface area contributed by atoms with Crippen molar-refractivity contribution < 1.29 is 23.5 Å². The smallest absolute Gasteiger partial charge is 0.338 e. The predicted octanol–water partition coefficient (Wildman–Crippen LogP) is 5.03. The van der Waals surface area contributed by atoms with Crippen molar-refractivity contribution in [2.45, 2.75) is 19.8 Å². The van der Waals surface area contributed by atoms with Crippen molar-refractivity contribution in [1.82, 2.24) is 0 Å². The minimum Gasteiger partial charge on any atom is -0.465 e. The number of furan rings is 1. The molecule has 0 saturated heterocycles. The molecular weight excluding hydrogens is 344 g/mol. The summed E-state index contributed by atoms with van der Waals surface area (Å²) in [6.45, 7) is 1.33. The summed E-state index contributed by atoms with van der Waals surface area (Å²) in [5.74, 6) is -0.617. The summed E-state index contributed by atoms with van der Waals surface area (Å²) < 4.78 is 15.9. The fraction of sp³-hybridized carbons (Fsp3) is 0.182. The predicted molar refractivity (Wildman–Crippen MR) is 103 cm³/mol. The van der Waals surface area contributed by atoms with E-state index in [1.165, 1.54) is 14.0 Å². The first-order valence-corrected chi connectivity index (χ1v) is 8.69. The van der Waals surface area contributed by atoms with E-state index in [0.717, 1.165) is 34.8 Å². The average Bonchev–Trinajstić information content (AvgIpc) is 3.13. The summed E-state index contributed by atoms with van der Waals surface area (Å²) in [7, 11) is 1.34. The third kappa shape index (κ3) is 3.01. The van der Waals surface area contributed by atoms with Crippen molar-refractivity contribution in [1.29, 1.82) is 0 Å². The number of methoxy groups -OCH3 is 1. The Hall–Kier alpha value is -3.34. The minimum atomic E-state index is -0.469. The molecule has 5 nitrogen and oxygen atoms in total. The highest BCUT2D eigenvalue weighted by atomic mass is 16.5. The highest BCUT2D eigenvalue weighted by Crippen LogP contribution is 2.40. The maximum atomic E-state index is 12.5. The lowest BCUT2D eigenvalue weighted by molar-refractivity contribution is -0.131. The van der Waals surface area contributed by atoms with Crippen molar-refractivity contribution in [3.63, 3.8) is 0 Å². The Morgan fingerprint density at radius 2 is 2.00 bits per heavy atom. The zero-order chi connectivity index (χ0) is 19.0. The highest BCUT2D eigenvalue weighted by Gasteiger charge is 2.23. The van der Waals surface area contributed by atoms with E-state index in [1.807, 2.05) is 30.4 Å². The fourth-order valence-electron chi connectivity index (χ4n) is 3.51. The third-order valence-corrected chi connectivity index (χ3v) is 4.67. The molecular formula is C22H18O5. The SMILES string of the molecule is COC(=O)c1cc(OC(C)=O)c2cc3occc3cc2c1C1=CC=CCC1. The van der Waals surface area contributed by atoms with Crippen LogP contribution in [0.2, 0.25) is 0 Å². The van der Waals surface area contributed by atoms with Gasteiger partial charge in [-0.1, -0.05) is 18.2 Å². The van der Waals surface area contributed by atoms with Gasteiger partial charge in [-0.3, -0.25) is 4.79 Å². The Kier molecular flexibility index (Phi) is 4.28. The maximum absolute atomic E-state index is 12.5. The number of allylic oxidation sites excluding steroid dienone is 4. The summed E-state index contributed by atoms with van der Waals surface area (Å²) in [5.41, 5.74) is 2.91. The van der Waals surface area contributed by atoms with Gasteiger partial charge in [0.1, 0.15) is 11.3 Å². The van der Waals surface area contributed by atoms with E-state index >= 15 is 0 Å². The van der Waals surface area contributed by atoms with Crippen LogP contribution in [0, 0.1) is 0 Å². The number of carbonyl (C=O) groups excluding carboxylic acids is 2. The van der Waals surface area contributed by atoms with Crippen LogP contribution in [0.4, 0.5) is 0 Å². The van der Waals surface area contributed by atoms with E-state index in [2.05, 4.69) is 6.08 Å². The van der Waals surface area contributed by atoms with E-state index in [-0.39, 0.29) is 0 Å². The monoisotopic (exact) mass is 362 g/mol. The van der Waals surface area contributed by atoms with E-state index < -0.39 is 11.9 Å². The zero-order valence-electron chi connectivity index (χ0n) is 15.1. The second-order valence-corrected chi connectivity index (χ2v) is 6.40. The third-order valence-electron chi connectivity index (χ3n) is 4.67. The van der Waals surface area contributed by atoms with Crippen molar-refractivity contribution >= 4 is 39.3 Å². The molecule has 3 aromatic rings. The normalized spacial score (nSPS) is 13.6. The number of hydrogen-bond donors (Lipinski definition) is 0. The van der Waals surface area contributed by atoms with E-state index in [0.29, 0.717) is 22.3 Å². The summed E-state index contributed by atoms with van der Waals surface area (Å²) in [6, 6.07) is 7.25. The second kappa shape index (κ2) is 6.76. The molecule has 0 unspecified atom stereocenters. The molecule has 0 saturated carbocycles. The molecule has 2 aromatic carbocycles. The quantitative estimate of drug-likeness (QED) is 0.483. The van der Waals surface area contributed by atoms with Gasteiger partial charge in [-0.05, 0) is 48.1 Å². The van der Waals surface area contributed by atoms with Crippen LogP contribution in [-0.2, 0) is 9.53 Å². The second-order valence-electron chi connectivity index (χ2n) is 6.40. The molecule has 4 rings (SSSR count).